The minimum atomic E-state index is -0.261. The number of aromatic amines is 1. The number of hydrogen-bond donors (Lipinski definition) is 3. The molecule has 1 aromatic heterocycles. The molecule has 0 aliphatic rings. The van der Waals surface area contributed by atoms with Gasteiger partial charge < -0.3 is 15.8 Å². The Morgan fingerprint density at radius 2 is 2.14 bits per heavy atom. The predicted octanol–water partition coefficient (Wildman–Crippen LogP) is 1.20. The molecule has 1 aromatic carbocycles. The molecule has 4 N–H and O–H groups in total. The maximum absolute atomic E-state index is 11.8. The lowest BCUT2D eigenvalue weighted by Crippen LogP contribution is -2.28. The molecule has 0 bridgehead atoms. The second kappa shape index (κ2) is 8.35. The predicted molar refractivity (Wildman–Crippen MR) is 82.2 cm³/mol. The molecule has 0 spiro atoms. The Morgan fingerprint density at radius 3 is 2.67 bits per heavy atom. The summed E-state index contributed by atoms with van der Waals surface area (Å²) in [5.74, 6) is 0.556. The first kappa shape index (κ1) is 17.1. The Kier molecular flexibility index (Phi) is 6.80. The van der Waals surface area contributed by atoms with E-state index in [4.69, 9.17) is 10.5 Å². The fraction of sp³-hybridized carbons (Fsp3) is 0.308. The van der Waals surface area contributed by atoms with Crippen molar-refractivity contribution in [2.75, 3.05) is 19.0 Å². The van der Waals surface area contributed by atoms with E-state index in [1.165, 1.54) is 13.4 Å². The lowest BCUT2D eigenvalue weighted by atomic mass is 10.2. The van der Waals surface area contributed by atoms with Crippen molar-refractivity contribution < 1.29 is 9.53 Å². The summed E-state index contributed by atoms with van der Waals surface area (Å²) in [5.41, 5.74) is 7.09. The van der Waals surface area contributed by atoms with Gasteiger partial charge in [0.15, 0.2) is 5.82 Å². The quantitative estimate of drug-likeness (QED) is 0.743. The fourth-order valence-corrected chi connectivity index (χ4v) is 1.74. The third-order valence-corrected chi connectivity index (χ3v) is 2.87. The van der Waals surface area contributed by atoms with Gasteiger partial charge in [0.2, 0.25) is 5.91 Å². The summed E-state index contributed by atoms with van der Waals surface area (Å²) in [4.78, 5) is 15.8. The van der Waals surface area contributed by atoms with Gasteiger partial charge in [0.05, 0.1) is 12.5 Å². The lowest BCUT2D eigenvalue weighted by Gasteiger charge is -2.12. The largest absolute Gasteiger partial charge is 0.380 e. The van der Waals surface area contributed by atoms with Gasteiger partial charge in [0.1, 0.15) is 6.33 Å². The van der Waals surface area contributed by atoms with Crippen LogP contribution < -0.4 is 11.1 Å². The van der Waals surface area contributed by atoms with E-state index in [-0.39, 0.29) is 30.8 Å². The molecule has 2 aromatic rings. The molecule has 2 rings (SSSR count). The molecule has 8 heteroatoms. The van der Waals surface area contributed by atoms with Crippen LogP contribution in [0.3, 0.4) is 0 Å². The first-order valence-corrected chi connectivity index (χ1v) is 6.21. The number of aromatic nitrogens is 3. The highest BCUT2D eigenvalue weighted by Crippen LogP contribution is 2.17. The van der Waals surface area contributed by atoms with Crippen LogP contribution in [-0.2, 0) is 9.53 Å². The van der Waals surface area contributed by atoms with Crippen molar-refractivity contribution >= 4 is 24.0 Å². The van der Waals surface area contributed by atoms with Crippen LogP contribution in [0.5, 0.6) is 0 Å². The summed E-state index contributed by atoms with van der Waals surface area (Å²) >= 11 is 0. The van der Waals surface area contributed by atoms with Gasteiger partial charge in [-0.25, -0.2) is 4.98 Å². The van der Waals surface area contributed by atoms with Crippen molar-refractivity contribution in [2.24, 2.45) is 5.73 Å². The molecule has 1 heterocycles. The smallest absolute Gasteiger partial charge is 0.227 e. The van der Waals surface area contributed by atoms with Crippen LogP contribution in [0.2, 0.25) is 0 Å². The van der Waals surface area contributed by atoms with Crippen molar-refractivity contribution in [1.82, 2.24) is 15.2 Å². The molecule has 0 aliphatic carbocycles. The van der Waals surface area contributed by atoms with Gasteiger partial charge in [-0.3, -0.25) is 9.89 Å². The lowest BCUT2D eigenvalue weighted by molar-refractivity contribution is -0.118. The van der Waals surface area contributed by atoms with Crippen LogP contribution in [0.15, 0.2) is 30.6 Å². The number of ether oxygens (including phenoxy) is 1. The molecule has 0 saturated heterocycles. The third-order valence-electron chi connectivity index (χ3n) is 2.87. The van der Waals surface area contributed by atoms with Crippen molar-refractivity contribution in [3.63, 3.8) is 0 Å². The van der Waals surface area contributed by atoms with Gasteiger partial charge in [-0.15, -0.1) is 12.4 Å². The third kappa shape index (κ3) is 4.82. The number of benzene rings is 1. The summed E-state index contributed by atoms with van der Waals surface area (Å²) in [6.45, 7) is 0.314. The Morgan fingerprint density at radius 1 is 1.43 bits per heavy atom. The number of nitrogens with two attached hydrogens (primary N) is 1. The highest BCUT2D eigenvalue weighted by molar-refractivity contribution is 5.91. The highest BCUT2D eigenvalue weighted by atomic mass is 35.5. The molecule has 21 heavy (non-hydrogen) atoms. The molecule has 0 fully saturated rings. The van der Waals surface area contributed by atoms with Crippen molar-refractivity contribution in [1.29, 1.82) is 0 Å². The number of carbonyl (C=O) groups is 1. The van der Waals surface area contributed by atoms with E-state index in [0.717, 1.165) is 5.56 Å². The summed E-state index contributed by atoms with van der Waals surface area (Å²) < 4.78 is 5.07. The number of methoxy groups -OCH3 is 1. The van der Waals surface area contributed by atoms with Crippen LogP contribution in [-0.4, -0.2) is 40.8 Å². The monoisotopic (exact) mass is 311 g/mol. The number of carbonyl (C=O) groups excluding carboxylic acids is 1. The zero-order chi connectivity index (χ0) is 14.4. The number of rotatable bonds is 6. The highest BCUT2D eigenvalue weighted by Gasteiger charge is 2.11. The molecule has 7 nitrogen and oxygen atoms in total. The van der Waals surface area contributed by atoms with E-state index in [2.05, 4.69) is 20.5 Å². The fourth-order valence-electron chi connectivity index (χ4n) is 1.74. The zero-order valence-corrected chi connectivity index (χ0v) is 12.4. The second-order valence-corrected chi connectivity index (χ2v) is 4.26. The molecular weight excluding hydrogens is 294 g/mol. The molecule has 114 valence electrons. The number of nitrogens with zero attached hydrogens (tertiary/aromatic N) is 2. The van der Waals surface area contributed by atoms with E-state index in [1.54, 1.807) is 12.1 Å². The molecule has 1 amide bonds. The van der Waals surface area contributed by atoms with Crippen molar-refractivity contribution in [3.8, 4) is 11.4 Å². The van der Waals surface area contributed by atoms with Crippen LogP contribution in [0.4, 0.5) is 5.69 Å². The van der Waals surface area contributed by atoms with Crippen molar-refractivity contribution in [3.05, 3.63) is 30.6 Å². The minimum absolute atomic E-state index is 0. The topological polar surface area (TPSA) is 106 Å². The van der Waals surface area contributed by atoms with Gasteiger partial charge in [0.25, 0.3) is 0 Å². The SMILES string of the molecule is COC(CN)CC(=O)Nc1ccc(-c2ncn[nH]2)cc1.Cl. The van der Waals surface area contributed by atoms with E-state index < -0.39 is 0 Å². The summed E-state index contributed by atoms with van der Waals surface area (Å²) in [5, 5.41) is 9.36. The van der Waals surface area contributed by atoms with Crippen LogP contribution >= 0.6 is 12.4 Å². The zero-order valence-electron chi connectivity index (χ0n) is 11.6. The van der Waals surface area contributed by atoms with E-state index in [9.17, 15) is 4.79 Å². The van der Waals surface area contributed by atoms with E-state index in [0.29, 0.717) is 18.1 Å². The Balaban J connectivity index is 0.00000220. The molecule has 0 saturated carbocycles. The van der Waals surface area contributed by atoms with E-state index in [1.807, 2.05) is 12.1 Å². The number of amides is 1. The standard InChI is InChI=1S/C13H17N5O2.ClH/c1-20-11(7-14)6-12(19)17-10-4-2-9(3-5-10)13-15-8-16-18-13;/h2-5,8,11H,6-7,14H2,1H3,(H,17,19)(H,15,16,18);1H. The first-order valence-electron chi connectivity index (χ1n) is 6.21. The molecule has 0 aliphatic heterocycles. The van der Waals surface area contributed by atoms with Gasteiger partial charge in [-0.1, -0.05) is 0 Å². The Bertz CT molecular complexity index is 540. The average Bonchev–Trinajstić information content (AvgIpc) is 2.99. The maximum atomic E-state index is 11.8. The number of H-pyrrole nitrogens is 1. The summed E-state index contributed by atoms with van der Waals surface area (Å²) in [6, 6.07) is 7.32. The summed E-state index contributed by atoms with van der Waals surface area (Å²) in [6.07, 6.45) is 1.42. The normalized spacial score (nSPS) is 11.5. The molecule has 1 atom stereocenters. The van der Waals surface area contributed by atoms with Gasteiger partial charge >= 0.3 is 0 Å². The van der Waals surface area contributed by atoms with Crippen molar-refractivity contribution in [2.45, 2.75) is 12.5 Å². The van der Waals surface area contributed by atoms with Gasteiger partial charge in [-0.2, -0.15) is 5.10 Å². The van der Waals surface area contributed by atoms with Crippen LogP contribution in [0, 0.1) is 0 Å². The van der Waals surface area contributed by atoms with E-state index >= 15 is 0 Å². The summed E-state index contributed by atoms with van der Waals surface area (Å²) in [7, 11) is 1.54. The number of halogens is 1. The maximum Gasteiger partial charge on any atom is 0.227 e. The molecular formula is C13H18ClN5O2. The van der Waals surface area contributed by atoms with Crippen LogP contribution in [0.1, 0.15) is 6.42 Å². The first-order chi connectivity index (χ1) is 9.72. The van der Waals surface area contributed by atoms with Gasteiger partial charge in [-0.05, 0) is 24.3 Å². The average molecular weight is 312 g/mol. The Labute approximate surface area is 128 Å². The number of anilines is 1. The number of nitrogens with one attached hydrogen (secondary N) is 2. The Hall–Kier alpha value is -1.96. The van der Waals surface area contributed by atoms with Crippen LogP contribution in [0.25, 0.3) is 11.4 Å². The number of hydrogen-bond acceptors (Lipinski definition) is 5. The van der Waals surface area contributed by atoms with Gasteiger partial charge in [0, 0.05) is 24.9 Å². The minimum Gasteiger partial charge on any atom is -0.380 e. The molecule has 1 unspecified atom stereocenters. The second-order valence-electron chi connectivity index (χ2n) is 4.26. The molecule has 0 radical (unpaired) electrons.